The third-order valence-electron chi connectivity index (χ3n) is 6.76. The number of thiazole rings is 1. The summed E-state index contributed by atoms with van der Waals surface area (Å²) in [6.45, 7) is 0.247. The molecule has 186 valence electrons. The van der Waals surface area contributed by atoms with E-state index in [9.17, 15) is 22.8 Å². The number of aryl methyl sites for hydroxylation is 1. The number of fused-ring (bicyclic) bond motifs is 1. The van der Waals surface area contributed by atoms with E-state index >= 15 is 0 Å². The van der Waals surface area contributed by atoms with Crippen molar-refractivity contribution in [3.63, 3.8) is 0 Å². The molecule has 1 aromatic carbocycles. The standard InChI is InChI=1S/C24H25F3N4O3S/c25-24(26,27)34-18-8-4-1-5-14(18)22-21-16(13-29-23(21)33)30-15-6-2-3-7-17(15)31(22)20(32)10-9-19-28-11-12-35-19/h1,4-5,8,11-12,15,17,22,30H,2-3,6-7,9-10,13H2,(H,29,33). The first kappa shape index (κ1) is 23.7. The average molecular weight is 507 g/mol. The van der Waals surface area contributed by atoms with E-state index in [4.69, 9.17) is 0 Å². The summed E-state index contributed by atoms with van der Waals surface area (Å²) < 4.78 is 44.3. The summed E-state index contributed by atoms with van der Waals surface area (Å²) in [7, 11) is 0. The Hall–Kier alpha value is -3.08. The third-order valence-corrected chi connectivity index (χ3v) is 7.60. The zero-order valence-electron chi connectivity index (χ0n) is 18.8. The molecule has 5 rings (SSSR count). The van der Waals surface area contributed by atoms with Crippen molar-refractivity contribution in [1.29, 1.82) is 0 Å². The fourth-order valence-corrected chi connectivity index (χ4v) is 5.98. The van der Waals surface area contributed by atoms with Crippen LogP contribution in [0.25, 0.3) is 0 Å². The molecule has 3 atom stereocenters. The fourth-order valence-electron chi connectivity index (χ4n) is 5.36. The van der Waals surface area contributed by atoms with Crippen LogP contribution < -0.4 is 15.4 Å². The molecule has 2 aromatic rings. The van der Waals surface area contributed by atoms with Gasteiger partial charge in [-0.3, -0.25) is 9.59 Å². The zero-order chi connectivity index (χ0) is 24.6. The van der Waals surface area contributed by atoms with Crippen LogP contribution in [0.15, 0.2) is 47.1 Å². The lowest BCUT2D eigenvalue weighted by atomic mass is 9.87. The van der Waals surface area contributed by atoms with Crippen LogP contribution in [-0.2, 0) is 16.0 Å². The van der Waals surface area contributed by atoms with Crippen molar-refractivity contribution in [2.75, 3.05) is 6.54 Å². The number of halogens is 3. The van der Waals surface area contributed by atoms with Gasteiger partial charge in [-0.15, -0.1) is 24.5 Å². The van der Waals surface area contributed by atoms with Crippen LogP contribution in [0.3, 0.4) is 0 Å². The molecule has 3 unspecified atom stereocenters. The Morgan fingerprint density at radius 3 is 2.80 bits per heavy atom. The normalized spacial score (nSPS) is 24.3. The number of hydrogen-bond donors (Lipinski definition) is 2. The highest BCUT2D eigenvalue weighted by Crippen LogP contribution is 2.44. The maximum Gasteiger partial charge on any atom is 0.573 e. The van der Waals surface area contributed by atoms with Crippen LogP contribution >= 0.6 is 11.3 Å². The molecule has 0 spiro atoms. The zero-order valence-corrected chi connectivity index (χ0v) is 19.6. The number of alkyl halides is 3. The molecule has 35 heavy (non-hydrogen) atoms. The van der Waals surface area contributed by atoms with Gasteiger partial charge in [0.05, 0.1) is 29.2 Å². The van der Waals surface area contributed by atoms with Gasteiger partial charge in [-0.1, -0.05) is 31.0 Å². The van der Waals surface area contributed by atoms with E-state index in [-0.39, 0.29) is 42.1 Å². The average Bonchev–Trinajstić information content (AvgIpc) is 3.43. The molecule has 0 saturated heterocycles. The van der Waals surface area contributed by atoms with Crippen molar-refractivity contribution in [2.24, 2.45) is 0 Å². The number of amides is 2. The van der Waals surface area contributed by atoms with Crippen molar-refractivity contribution in [1.82, 2.24) is 20.5 Å². The van der Waals surface area contributed by atoms with Crippen LogP contribution in [0.5, 0.6) is 5.75 Å². The Bertz CT molecular complexity index is 1140. The Labute approximate surface area is 204 Å². The number of para-hydroxylation sites is 1. The van der Waals surface area contributed by atoms with Gasteiger partial charge in [0, 0.05) is 41.7 Å². The first-order valence-corrected chi connectivity index (χ1v) is 12.5. The highest BCUT2D eigenvalue weighted by atomic mass is 32.1. The van der Waals surface area contributed by atoms with Gasteiger partial charge in [0.2, 0.25) is 5.91 Å². The molecule has 1 saturated carbocycles. The summed E-state index contributed by atoms with van der Waals surface area (Å²) in [5.41, 5.74) is 1.05. The highest BCUT2D eigenvalue weighted by Gasteiger charge is 2.47. The van der Waals surface area contributed by atoms with Crippen LogP contribution in [0.2, 0.25) is 0 Å². The van der Waals surface area contributed by atoms with Gasteiger partial charge in [0.15, 0.2) is 0 Å². The molecule has 2 amide bonds. The van der Waals surface area contributed by atoms with Crippen molar-refractivity contribution >= 4 is 23.2 Å². The second-order valence-corrected chi connectivity index (χ2v) is 9.87. The number of carbonyl (C=O) groups excluding carboxylic acids is 2. The topological polar surface area (TPSA) is 83.6 Å². The Morgan fingerprint density at radius 1 is 1.23 bits per heavy atom. The summed E-state index contributed by atoms with van der Waals surface area (Å²) in [5, 5.41) is 8.88. The largest absolute Gasteiger partial charge is 0.573 e. The molecule has 1 fully saturated rings. The Morgan fingerprint density at radius 2 is 2.03 bits per heavy atom. The van der Waals surface area contributed by atoms with Crippen molar-refractivity contribution in [3.8, 4) is 5.75 Å². The molecule has 1 aliphatic carbocycles. The van der Waals surface area contributed by atoms with Gasteiger partial charge in [-0.2, -0.15) is 0 Å². The quantitative estimate of drug-likeness (QED) is 0.644. The number of carbonyl (C=O) groups is 2. The molecule has 3 aliphatic rings. The van der Waals surface area contributed by atoms with Crippen LogP contribution in [0, 0.1) is 0 Å². The summed E-state index contributed by atoms with van der Waals surface area (Å²) in [6, 6.07) is 4.41. The predicted molar refractivity (Wildman–Crippen MR) is 122 cm³/mol. The number of nitrogens with zero attached hydrogens (tertiary/aromatic N) is 2. The molecule has 0 radical (unpaired) electrons. The summed E-state index contributed by atoms with van der Waals surface area (Å²) in [6.07, 6.45) is 0.678. The highest BCUT2D eigenvalue weighted by molar-refractivity contribution is 7.09. The van der Waals surface area contributed by atoms with Crippen LogP contribution in [0.1, 0.15) is 48.7 Å². The molecule has 7 nitrogen and oxygen atoms in total. The fraction of sp³-hybridized carbons (Fsp3) is 0.458. The molecule has 2 N–H and O–H groups in total. The van der Waals surface area contributed by atoms with E-state index in [2.05, 4.69) is 20.4 Å². The van der Waals surface area contributed by atoms with E-state index in [0.29, 0.717) is 18.5 Å². The lowest BCUT2D eigenvalue weighted by Gasteiger charge is -2.43. The second-order valence-electron chi connectivity index (χ2n) is 8.89. The molecular formula is C24H25F3N4O3S. The maximum absolute atomic E-state index is 13.8. The lowest BCUT2D eigenvalue weighted by molar-refractivity contribution is -0.275. The molecule has 1 aromatic heterocycles. The summed E-state index contributed by atoms with van der Waals surface area (Å²) in [4.78, 5) is 32.8. The van der Waals surface area contributed by atoms with Gasteiger partial charge >= 0.3 is 6.36 Å². The predicted octanol–water partition coefficient (Wildman–Crippen LogP) is 3.84. The molecule has 2 aliphatic heterocycles. The number of hydrogen-bond acceptors (Lipinski definition) is 6. The van der Waals surface area contributed by atoms with E-state index in [0.717, 1.165) is 24.3 Å². The minimum Gasteiger partial charge on any atom is -0.405 e. The van der Waals surface area contributed by atoms with Gasteiger partial charge in [0.1, 0.15) is 5.75 Å². The van der Waals surface area contributed by atoms with E-state index in [1.165, 1.54) is 29.5 Å². The van der Waals surface area contributed by atoms with Crippen molar-refractivity contribution in [3.05, 3.63) is 57.7 Å². The van der Waals surface area contributed by atoms with Crippen LogP contribution in [0.4, 0.5) is 13.2 Å². The van der Waals surface area contributed by atoms with E-state index < -0.39 is 24.1 Å². The van der Waals surface area contributed by atoms with Crippen molar-refractivity contribution < 1.29 is 27.5 Å². The summed E-state index contributed by atoms with van der Waals surface area (Å²) in [5.74, 6) is -1.03. The SMILES string of the molecule is O=C1NCC2=C1C(c1ccccc1OC(F)(F)F)N(C(=O)CCc1nccs1)C1CCCCC1N2. The second kappa shape index (κ2) is 9.52. The smallest absolute Gasteiger partial charge is 0.405 e. The maximum atomic E-state index is 13.8. The van der Waals surface area contributed by atoms with Crippen LogP contribution in [-0.4, -0.2) is 46.7 Å². The number of benzene rings is 1. The number of aromatic nitrogens is 1. The molecule has 0 bridgehead atoms. The number of rotatable bonds is 5. The van der Waals surface area contributed by atoms with E-state index in [1.807, 2.05) is 5.38 Å². The van der Waals surface area contributed by atoms with Gasteiger partial charge in [-0.25, -0.2) is 4.98 Å². The minimum atomic E-state index is -4.92. The first-order chi connectivity index (χ1) is 16.8. The monoisotopic (exact) mass is 506 g/mol. The Kier molecular flexibility index (Phi) is 6.43. The minimum absolute atomic E-state index is 0.0917. The van der Waals surface area contributed by atoms with E-state index in [1.54, 1.807) is 17.2 Å². The Balaban J connectivity index is 1.61. The number of ether oxygens (including phenoxy) is 1. The van der Waals surface area contributed by atoms with Gasteiger partial charge in [-0.05, 0) is 18.9 Å². The lowest BCUT2D eigenvalue weighted by Crippen LogP contribution is -2.53. The molecule has 3 heterocycles. The van der Waals surface area contributed by atoms with Crippen molar-refractivity contribution in [2.45, 2.75) is 63.0 Å². The summed E-state index contributed by atoms with van der Waals surface area (Å²) >= 11 is 1.45. The number of nitrogens with one attached hydrogen (secondary N) is 2. The first-order valence-electron chi connectivity index (χ1n) is 11.6. The third kappa shape index (κ3) is 4.86. The molecule has 11 heteroatoms. The van der Waals surface area contributed by atoms with Gasteiger partial charge in [0.25, 0.3) is 5.91 Å². The molecular weight excluding hydrogens is 481 g/mol. The van der Waals surface area contributed by atoms with Gasteiger partial charge < -0.3 is 20.3 Å².